The number of aromatic nitrogens is 1. The van der Waals surface area contributed by atoms with Crippen molar-refractivity contribution in [2.24, 2.45) is 0 Å². The van der Waals surface area contributed by atoms with E-state index in [-0.39, 0.29) is 17.9 Å². The van der Waals surface area contributed by atoms with E-state index in [0.717, 1.165) is 30.7 Å². The number of quaternary nitrogens is 1. The number of anilines is 1. The number of para-hydroxylation sites is 2. The maximum absolute atomic E-state index is 13.2. The third kappa shape index (κ3) is 3.75. The second-order valence-electron chi connectivity index (χ2n) is 8.38. The Morgan fingerprint density at radius 2 is 1.74 bits per heavy atom. The predicted molar refractivity (Wildman–Crippen MR) is 125 cm³/mol. The number of carbonyl (C=O) groups excluding carboxylic acids is 1. The molecular weight excluding hydrogens is 382 g/mol. The molecule has 4 aromatic rings. The van der Waals surface area contributed by atoms with Crippen LogP contribution < -0.4 is 10.2 Å². The first-order valence-corrected chi connectivity index (χ1v) is 11.1. The second kappa shape index (κ2) is 8.40. The number of nitrogens with one attached hydrogen (secondary N) is 1. The van der Waals surface area contributed by atoms with Gasteiger partial charge in [-0.15, -0.1) is 0 Å². The normalized spacial score (nSPS) is 15.1. The third-order valence-corrected chi connectivity index (χ3v) is 6.47. The summed E-state index contributed by atoms with van der Waals surface area (Å²) in [7, 11) is 0. The Hall–Kier alpha value is -3.37. The minimum absolute atomic E-state index is 0.137. The van der Waals surface area contributed by atoms with E-state index in [1.165, 1.54) is 22.1 Å². The van der Waals surface area contributed by atoms with E-state index >= 15 is 0 Å². The molecule has 2 heterocycles. The molecule has 156 valence electrons. The molecule has 0 saturated carbocycles. The predicted octanol–water partition coefficient (Wildman–Crippen LogP) is 3.84. The van der Waals surface area contributed by atoms with Crippen molar-refractivity contribution >= 4 is 22.5 Å². The number of nitrogens with two attached hydrogens (primary N) is 1. The summed E-state index contributed by atoms with van der Waals surface area (Å²) in [5.41, 5.74) is 6.04. The Morgan fingerprint density at radius 3 is 2.61 bits per heavy atom. The van der Waals surface area contributed by atoms with Crippen LogP contribution in [0.2, 0.25) is 0 Å². The van der Waals surface area contributed by atoms with Crippen LogP contribution in [0.25, 0.3) is 10.9 Å². The molecule has 1 aliphatic rings. The number of benzene rings is 3. The van der Waals surface area contributed by atoms with Crippen LogP contribution in [-0.2, 0) is 11.2 Å². The molecule has 1 aliphatic heterocycles. The van der Waals surface area contributed by atoms with Crippen LogP contribution in [0, 0.1) is 0 Å². The third-order valence-electron chi connectivity index (χ3n) is 6.47. The van der Waals surface area contributed by atoms with Crippen molar-refractivity contribution in [2.45, 2.75) is 25.3 Å². The number of nitrogens with zero attached hydrogens (tertiary/aromatic N) is 1. The van der Waals surface area contributed by atoms with Gasteiger partial charge in [-0.3, -0.25) is 4.79 Å². The molecular formula is C27H28N3O+. The fourth-order valence-corrected chi connectivity index (χ4v) is 4.76. The molecule has 0 radical (unpaired) electrons. The lowest BCUT2D eigenvalue weighted by molar-refractivity contribution is -0.674. The average Bonchev–Trinajstić information content (AvgIpc) is 3.44. The Kier molecular flexibility index (Phi) is 5.31. The fraction of sp³-hybridized carbons (Fsp3) is 0.222. The number of rotatable bonds is 6. The quantitative estimate of drug-likeness (QED) is 0.499. The molecule has 0 unspecified atom stereocenters. The molecule has 5 rings (SSSR count). The first-order chi connectivity index (χ1) is 15.2. The highest BCUT2D eigenvalue weighted by Gasteiger charge is 2.30. The Labute approximate surface area is 182 Å². The lowest BCUT2D eigenvalue weighted by atomic mass is 9.90. The van der Waals surface area contributed by atoms with Crippen LogP contribution in [-0.4, -0.2) is 30.0 Å². The zero-order valence-electron chi connectivity index (χ0n) is 17.8. The van der Waals surface area contributed by atoms with Crippen LogP contribution in [0.4, 0.5) is 5.69 Å². The Morgan fingerprint density at radius 1 is 1.00 bits per heavy atom. The number of H-pyrrole nitrogens is 1. The van der Waals surface area contributed by atoms with Gasteiger partial charge in [-0.1, -0.05) is 66.7 Å². The van der Waals surface area contributed by atoms with Crippen LogP contribution in [0.3, 0.4) is 0 Å². The standard InChI is InChI=1S/C27H27N3O/c1-19(27(31)30-16-15-21-11-5-8-14-26(21)30)28-17-23(20-9-3-2-4-10-20)24-18-29-25-13-7-6-12-22(24)25/h2-14,18-19,23,28-29H,15-17H2,1H3/p+1/t19-,23+/m0/s1. The van der Waals surface area contributed by atoms with Gasteiger partial charge >= 0.3 is 0 Å². The van der Waals surface area contributed by atoms with E-state index in [4.69, 9.17) is 0 Å². The maximum Gasteiger partial charge on any atom is 0.284 e. The number of fused-ring (bicyclic) bond motifs is 2. The first kappa shape index (κ1) is 19.6. The van der Waals surface area contributed by atoms with Crippen molar-refractivity contribution < 1.29 is 10.1 Å². The van der Waals surface area contributed by atoms with Crippen LogP contribution in [0.5, 0.6) is 0 Å². The van der Waals surface area contributed by atoms with Gasteiger partial charge in [0.25, 0.3) is 5.91 Å². The molecule has 0 fully saturated rings. The van der Waals surface area contributed by atoms with E-state index in [9.17, 15) is 4.79 Å². The van der Waals surface area contributed by atoms with E-state index in [1.54, 1.807) is 0 Å². The minimum Gasteiger partial charge on any atom is -0.361 e. The molecule has 0 bridgehead atoms. The lowest BCUT2D eigenvalue weighted by Crippen LogP contribution is -2.92. The molecule has 0 spiro atoms. The van der Waals surface area contributed by atoms with Crippen LogP contribution >= 0.6 is 0 Å². The molecule has 1 aromatic heterocycles. The van der Waals surface area contributed by atoms with Gasteiger partial charge in [-0.2, -0.15) is 0 Å². The lowest BCUT2D eigenvalue weighted by Gasteiger charge is -2.22. The highest BCUT2D eigenvalue weighted by Crippen LogP contribution is 2.30. The largest absolute Gasteiger partial charge is 0.361 e. The molecule has 2 atom stereocenters. The van der Waals surface area contributed by atoms with E-state index < -0.39 is 0 Å². The second-order valence-corrected chi connectivity index (χ2v) is 8.38. The van der Waals surface area contributed by atoms with Crippen molar-refractivity contribution in [1.29, 1.82) is 0 Å². The van der Waals surface area contributed by atoms with Gasteiger partial charge in [-0.05, 0) is 42.2 Å². The molecule has 0 saturated heterocycles. The summed E-state index contributed by atoms with van der Waals surface area (Å²) < 4.78 is 0. The van der Waals surface area contributed by atoms with Gasteiger partial charge in [0.2, 0.25) is 0 Å². The summed E-state index contributed by atoms with van der Waals surface area (Å²) in [6.45, 7) is 3.62. The van der Waals surface area contributed by atoms with Crippen LogP contribution in [0.1, 0.15) is 29.5 Å². The monoisotopic (exact) mass is 410 g/mol. The van der Waals surface area contributed by atoms with E-state index in [0.29, 0.717) is 0 Å². The molecule has 1 amide bonds. The number of hydrogen-bond donors (Lipinski definition) is 2. The summed E-state index contributed by atoms with van der Waals surface area (Å²) in [4.78, 5) is 18.6. The van der Waals surface area contributed by atoms with Gasteiger partial charge in [0.15, 0.2) is 6.04 Å². The molecule has 3 aromatic carbocycles. The zero-order valence-corrected chi connectivity index (χ0v) is 17.8. The van der Waals surface area contributed by atoms with Gasteiger partial charge < -0.3 is 15.2 Å². The summed E-state index contributed by atoms with van der Waals surface area (Å²) in [5.74, 6) is 0.397. The molecule has 4 heteroatoms. The number of amides is 1. The highest BCUT2D eigenvalue weighted by atomic mass is 16.2. The van der Waals surface area contributed by atoms with Gasteiger partial charge in [-0.25, -0.2) is 0 Å². The average molecular weight is 411 g/mol. The number of hydrogen-bond acceptors (Lipinski definition) is 1. The van der Waals surface area contributed by atoms with Crippen molar-refractivity contribution in [3.63, 3.8) is 0 Å². The summed E-state index contributed by atoms with van der Waals surface area (Å²) in [5, 5.41) is 3.44. The van der Waals surface area contributed by atoms with Crippen molar-refractivity contribution in [2.75, 3.05) is 18.0 Å². The zero-order chi connectivity index (χ0) is 21.2. The minimum atomic E-state index is -0.137. The SMILES string of the molecule is C[C@H]([NH2+]C[C@H](c1ccccc1)c1c[nH]c2ccccc12)C(=O)N1CCc2ccccc21. The van der Waals surface area contributed by atoms with Gasteiger partial charge in [0, 0.05) is 29.3 Å². The van der Waals surface area contributed by atoms with Gasteiger partial charge in [0.05, 0.1) is 12.5 Å². The van der Waals surface area contributed by atoms with Crippen molar-refractivity contribution in [1.82, 2.24) is 4.98 Å². The number of carbonyl (C=O) groups is 1. The fourth-order valence-electron chi connectivity index (χ4n) is 4.76. The Bertz CT molecular complexity index is 1200. The summed E-state index contributed by atoms with van der Waals surface area (Å²) in [6, 6.07) is 27.1. The Balaban J connectivity index is 1.37. The topological polar surface area (TPSA) is 52.7 Å². The van der Waals surface area contributed by atoms with Crippen LogP contribution in [0.15, 0.2) is 85.1 Å². The van der Waals surface area contributed by atoms with E-state index in [2.05, 4.69) is 83.2 Å². The molecule has 3 N–H and O–H groups in total. The molecule has 4 nitrogen and oxygen atoms in total. The van der Waals surface area contributed by atoms with Gasteiger partial charge in [0.1, 0.15) is 0 Å². The van der Waals surface area contributed by atoms with Crippen molar-refractivity contribution in [3.05, 3.63) is 102 Å². The first-order valence-electron chi connectivity index (χ1n) is 11.1. The number of aromatic amines is 1. The van der Waals surface area contributed by atoms with E-state index in [1.807, 2.05) is 24.0 Å². The maximum atomic E-state index is 13.2. The smallest absolute Gasteiger partial charge is 0.284 e. The molecule has 31 heavy (non-hydrogen) atoms. The highest BCUT2D eigenvalue weighted by molar-refractivity contribution is 5.97. The van der Waals surface area contributed by atoms with Crippen molar-refractivity contribution in [3.8, 4) is 0 Å². The molecule has 0 aliphatic carbocycles. The summed E-state index contributed by atoms with van der Waals surface area (Å²) >= 11 is 0. The summed E-state index contributed by atoms with van der Waals surface area (Å²) in [6.07, 6.45) is 3.07.